The second kappa shape index (κ2) is 7.51. The van der Waals surface area contributed by atoms with E-state index in [0.29, 0.717) is 28.1 Å². The Morgan fingerprint density at radius 1 is 0.913 bits per heavy atom. The second-order valence-electron chi connectivity index (χ2n) is 4.24. The Bertz CT molecular complexity index is 737. The topological polar surface area (TPSA) is 96.8 Å². The van der Waals surface area contributed by atoms with Gasteiger partial charge in [0.05, 0.1) is 17.3 Å². The zero-order chi connectivity index (χ0) is 16.7. The van der Waals surface area contributed by atoms with Crippen LogP contribution in [0.5, 0.6) is 0 Å². The van der Waals surface area contributed by atoms with Crippen LogP contribution in [0.3, 0.4) is 0 Å². The van der Waals surface area contributed by atoms with Crippen molar-refractivity contribution in [2.24, 2.45) is 5.10 Å². The molecule has 7 heteroatoms. The summed E-state index contributed by atoms with van der Waals surface area (Å²) in [6.07, 6.45) is 3.58. The molecule has 1 aliphatic heterocycles. The zero-order valence-electron chi connectivity index (χ0n) is 11.8. The van der Waals surface area contributed by atoms with Crippen molar-refractivity contribution < 1.29 is 19.2 Å². The number of rotatable bonds is 3. The Hall–Kier alpha value is -3.48. The Kier molecular flexibility index (Phi) is 5.19. The minimum atomic E-state index is -0.506. The molecule has 0 aliphatic carbocycles. The van der Waals surface area contributed by atoms with Gasteiger partial charge in [-0.25, -0.2) is 0 Å². The Labute approximate surface area is 131 Å². The number of benzene rings is 1. The maximum Gasteiger partial charge on any atom is 0.282 e. The number of hydrogen-bond donors (Lipinski definition) is 0. The summed E-state index contributed by atoms with van der Waals surface area (Å²) >= 11 is 0. The number of carbonyl (C=O) groups excluding carboxylic acids is 4. The van der Waals surface area contributed by atoms with Gasteiger partial charge in [0, 0.05) is 6.20 Å². The first-order valence-electron chi connectivity index (χ1n) is 6.50. The van der Waals surface area contributed by atoms with Gasteiger partial charge in [0.15, 0.2) is 12.6 Å². The molecule has 1 aliphatic rings. The van der Waals surface area contributed by atoms with Gasteiger partial charge in [0.2, 0.25) is 0 Å². The quantitative estimate of drug-likeness (QED) is 0.484. The van der Waals surface area contributed by atoms with Crippen LogP contribution in [0.15, 0.2) is 53.8 Å². The lowest BCUT2D eigenvalue weighted by Gasteiger charge is -2.03. The zero-order valence-corrected chi connectivity index (χ0v) is 11.8. The van der Waals surface area contributed by atoms with Crippen LogP contribution in [0.1, 0.15) is 31.2 Å². The van der Waals surface area contributed by atoms with Crippen molar-refractivity contribution in [3.05, 3.63) is 65.5 Å². The van der Waals surface area contributed by atoms with Crippen molar-refractivity contribution in [1.29, 1.82) is 0 Å². The lowest BCUT2D eigenvalue weighted by atomic mass is 10.1. The van der Waals surface area contributed by atoms with Gasteiger partial charge < -0.3 is 0 Å². The highest BCUT2D eigenvalue weighted by molar-refractivity contribution is 6.22. The van der Waals surface area contributed by atoms with E-state index in [1.807, 2.05) is 0 Å². The maximum absolute atomic E-state index is 11.6. The van der Waals surface area contributed by atoms with E-state index in [9.17, 15) is 19.2 Å². The molecule has 2 amide bonds. The van der Waals surface area contributed by atoms with Crippen LogP contribution in [-0.4, -0.2) is 40.6 Å². The fraction of sp³-hybridized carbons (Fsp3) is 0. The third-order valence-electron chi connectivity index (χ3n) is 2.82. The number of pyridine rings is 1. The highest BCUT2D eigenvalue weighted by Gasteiger charge is 2.34. The Morgan fingerprint density at radius 2 is 1.52 bits per heavy atom. The van der Waals surface area contributed by atoms with Crippen LogP contribution < -0.4 is 0 Å². The summed E-state index contributed by atoms with van der Waals surface area (Å²) in [5.41, 5.74) is 1.10. The van der Waals surface area contributed by atoms with Gasteiger partial charge in [0.25, 0.3) is 11.8 Å². The van der Waals surface area contributed by atoms with Gasteiger partial charge in [-0.1, -0.05) is 18.2 Å². The number of fused-ring (bicyclic) bond motifs is 1. The van der Waals surface area contributed by atoms with Gasteiger partial charge in [0.1, 0.15) is 5.69 Å². The van der Waals surface area contributed by atoms with E-state index < -0.39 is 11.8 Å². The molecule has 1 aromatic carbocycles. The van der Waals surface area contributed by atoms with Crippen LogP contribution in [0.25, 0.3) is 0 Å². The molecule has 23 heavy (non-hydrogen) atoms. The SMILES string of the molecule is O=CC=NN1C(=O)c2ccccc2C1=O.O=Cc1ccccn1. The van der Waals surface area contributed by atoms with Gasteiger partial charge in [-0.2, -0.15) is 10.1 Å². The molecule has 3 rings (SSSR count). The minimum absolute atomic E-state index is 0.311. The van der Waals surface area contributed by atoms with E-state index in [-0.39, 0.29) is 0 Å². The molecule has 0 saturated carbocycles. The number of hydrazone groups is 1. The van der Waals surface area contributed by atoms with Crippen molar-refractivity contribution in [2.45, 2.75) is 0 Å². The molecule has 7 nitrogen and oxygen atoms in total. The van der Waals surface area contributed by atoms with Crippen LogP contribution >= 0.6 is 0 Å². The average molecular weight is 309 g/mol. The number of imide groups is 1. The lowest BCUT2D eigenvalue weighted by molar-refractivity contribution is -0.102. The first-order chi connectivity index (χ1) is 11.2. The number of aldehydes is 2. The molecule has 0 radical (unpaired) electrons. The number of amides is 2. The van der Waals surface area contributed by atoms with Gasteiger partial charge >= 0.3 is 0 Å². The third kappa shape index (κ3) is 3.59. The number of nitrogens with zero attached hydrogens (tertiary/aromatic N) is 3. The van der Waals surface area contributed by atoms with E-state index in [0.717, 1.165) is 12.5 Å². The van der Waals surface area contributed by atoms with E-state index >= 15 is 0 Å². The molecule has 0 N–H and O–H groups in total. The van der Waals surface area contributed by atoms with Gasteiger partial charge in [-0.05, 0) is 24.3 Å². The molecule has 114 valence electrons. The van der Waals surface area contributed by atoms with Crippen molar-refractivity contribution in [2.75, 3.05) is 0 Å². The van der Waals surface area contributed by atoms with E-state index in [2.05, 4.69) is 10.1 Å². The minimum Gasteiger partial charge on any atom is -0.297 e. The molecule has 0 saturated heterocycles. The molecule has 0 spiro atoms. The molecule has 0 fully saturated rings. The predicted molar refractivity (Wildman–Crippen MR) is 81.1 cm³/mol. The summed E-state index contributed by atoms with van der Waals surface area (Å²) in [5.74, 6) is -1.01. The van der Waals surface area contributed by atoms with Crippen molar-refractivity contribution in [3.8, 4) is 0 Å². The van der Waals surface area contributed by atoms with E-state index in [4.69, 9.17) is 0 Å². The summed E-state index contributed by atoms with van der Waals surface area (Å²) in [5, 5.41) is 4.14. The van der Waals surface area contributed by atoms with Crippen LogP contribution in [0.2, 0.25) is 0 Å². The molecule has 0 bridgehead atoms. The first-order valence-corrected chi connectivity index (χ1v) is 6.50. The molecule has 2 heterocycles. The normalized spacial score (nSPS) is 12.6. The Morgan fingerprint density at radius 3 is 1.96 bits per heavy atom. The lowest BCUT2D eigenvalue weighted by Crippen LogP contribution is -2.23. The molecule has 2 aromatic rings. The third-order valence-corrected chi connectivity index (χ3v) is 2.82. The highest BCUT2D eigenvalue weighted by Crippen LogP contribution is 2.22. The second-order valence-corrected chi connectivity index (χ2v) is 4.24. The summed E-state index contributed by atoms with van der Waals surface area (Å²) in [7, 11) is 0. The fourth-order valence-electron chi connectivity index (χ4n) is 1.82. The molecular weight excluding hydrogens is 298 g/mol. The van der Waals surface area contributed by atoms with Gasteiger partial charge in [-0.15, -0.1) is 0 Å². The predicted octanol–water partition coefficient (Wildman–Crippen LogP) is 1.36. The van der Waals surface area contributed by atoms with Gasteiger partial charge in [-0.3, -0.25) is 24.2 Å². The smallest absolute Gasteiger partial charge is 0.282 e. The number of carbonyl (C=O) groups is 4. The molecule has 1 aromatic heterocycles. The van der Waals surface area contributed by atoms with Crippen LogP contribution in [0.4, 0.5) is 0 Å². The van der Waals surface area contributed by atoms with E-state index in [1.165, 1.54) is 0 Å². The largest absolute Gasteiger partial charge is 0.297 e. The standard InChI is InChI=1S/C10H6N2O3.C6H5NO/c13-6-5-11-12-9(14)7-3-1-2-4-8(7)10(12)15;8-5-6-3-1-2-4-7-6/h1-6H;1-5H. The maximum atomic E-state index is 11.6. The molecular formula is C16H11N3O4. The first kappa shape index (κ1) is 15.9. The summed E-state index contributed by atoms with van der Waals surface area (Å²) in [6, 6.07) is 11.6. The van der Waals surface area contributed by atoms with Crippen LogP contribution in [-0.2, 0) is 4.79 Å². The summed E-state index contributed by atoms with van der Waals surface area (Å²) in [4.78, 5) is 46.9. The summed E-state index contributed by atoms with van der Waals surface area (Å²) in [6.45, 7) is 0. The van der Waals surface area contributed by atoms with Crippen LogP contribution in [0, 0.1) is 0 Å². The van der Waals surface area contributed by atoms with Crippen molar-refractivity contribution in [1.82, 2.24) is 9.99 Å². The monoisotopic (exact) mass is 309 g/mol. The summed E-state index contributed by atoms with van der Waals surface area (Å²) < 4.78 is 0. The Balaban J connectivity index is 0.000000203. The molecule has 0 unspecified atom stereocenters. The van der Waals surface area contributed by atoms with Crippen molar-refractivity contribution >= 4 is 30.6 Å². The van der Waals surface area contributed by atoms with Crippen molar-refractivity contribution in [3.63, 3.8) is 0 Å². The average Bonchev–Trinajstić information content (AvgIpc) is 2.86. The van der Waals surface area contributed by atoms with E-state index in [1.54, 1.807) is 48.7 Å². The fourth-order valence-corrected chi connectivity index (χ4v) is 1.82. The highest BCUT2D eigenvalue weighted by atomic mass is 16.2. The molecule has 0 atom stereocenters. The number of hydrogen-bond acceptors (Lipinski definition) is 6. The number of aromatic nitrogens is 1.